The highest BCUT2D eigenvalue weighted by molar-refractivity contribution is 7.89. The lowest BCUT2D eigenvalue weighted by molar-refractivity contribution is -0.134. The van der Waals surface area contributed by atoms with Gasteiger partial charge in [0.25, 0.3) is 0 Å². The normalized spacial score (nSPS) is 11.9. The third kappa shape index (κ3) is 7.27. The molecular weight excluding hydrogens is 250 g/mol. The Kier molecular flexibility index (Phi) is 8.05. The number of aliphatic carboxylic acids is 1. The molecule has 17 heavy (non-hydrogen) atoms. The number of sulfonamides is 1. The van der Waals surface area contributed by atoms with E-state index in [0.29, 0.717) is 13.0 Å². The van der Waals surface area contributed by atoms with E-state index in [1.54, 1.807) is 0 Å². The van der Waals surface area contributed by atoms with Gasteiger partial charge in [-0.2, -0.15) is 4.31 Å². The molecule has 0 radical (unpaired) electrons. The van der Waals surface area contributed by atoms with Gasteiger partial charge in [0.2, 0.25) is 10.0 Å². The van der Waals surface area contributed by atoms with Gasteiger partial charge in [-0.25, -0.2) is 8.42 Å². The third-order valence-corrected chi connectivity index (χ3v) is 3.76. The van der Waals surface area contributed by atoms with Crippen LogP contribution in [0.4, 0.5) is 0 Å². The topological polar surface area (TPSA) is 93.1 Å². The van der Waals surface area contributed by atoms with Crippen LogP contribution in [-0.2, 0) is 24.3 Å². The number of carboxylic acid groups (broad SMARTS) is 1. The molecule has 0 bridgehead atoms. The Morgan fingerprint density at radius 2 is 1.76 bits per heavy atom. The van der Waals surface area contributed by atoms with Crippen LogP contribution in [-0.4, -0.2) is 70.1 Å². The molecule has 0 spiro atoms. The maximum absolute atomic E-state index is 11.7. The molecule has 0 aromatic heterocycles. The van der Waals surface area contributed by atoms with Crippen molar-refractivity contribution >= 4 is 16.0 Å². The molecule has 7 nitrogen and oxygen atoms in total. The Labute approximate surface area is 101 Å². The van der Waals surface area contributed by atoms with Gasteiger partial charge in [0.1, 0.15) is 0 Å². The quantitative estimate of drug-likeness (QED) is 0.532. The van der Waals surface area contributed by atoms with E-state index in [1.807, 2.05) is 0 Å². The molecular formula is C9H19NO6S. The first-order valence-electron chi connectivity index (χ1n) is 5.11. The summed E-state index contributed by atoms with van der Waals surface area (Å²) in [4.78, 5) is 10.5. The van der Waals surface area contributed by atoms with E-state index in [0.717, 1.165) is 4.31 Å². The van der Waals surface area contributed by atoms with Gasteiger partial charge in [-0.05, 0) is 6.42 Å². The Bertz CT molecular complexity index is 315. The molecule has 0 aliphatic heterocycles. The van der Waals surface area contributed by atoms with E-state index in [4.69, 9.17) is 14.6 Å². The lowest BCUT2D eigenvalue weighted by Crippen LogP contribution is -2.38. The second-order valence-corrected chi connectivity index (χ2v) is 5.36. The van der Waals surface area contributed by atoms with Crippen LogP contribution in [0.25, 0.3) is 0 Å². The van der Waals surface area contributed by atoms with E-state index in [-0.39, 0.29) is 19.7 Å². The van der Waals surface area contributed by atoms with Gasteiger partial charge < -0.3 is 14.6 Å². The molecule has 0 aromatic rings. The predicted molar refractivity (Wildman–Crippen MR) is 61.4 cm³/mol. The third-order valence-electron chi connectivity index (χ3n) is 2.00. The molecule has 0 saturated heterocycles. The molecule has 102 valence electrons. The van der Waals surface area contributed by atoms with Crippen LogP contribution in [0.3, 0.4) is 0 Å². The number of carboxylic acids is 1. The van der Waals surface area contributed by atoms with Crippen molar-refractivity contribution in [3.8, 4) is 0 Å². The summed E-state index contributed by atoms with van der Waals surface area (Å²) in [6, 6.07) is 0. The highest BCUT2D eigenvalue weighted by Crippen LogP contribution is 2.03. The van der Waals surface area contributed by atoms with Gasteiger partial charge in [-0.15, -0.1) is 0 Å². The average molecular weight is 269 g/mol. The lowest BCUT2D eigenvalue weighted by Gasteiger charge is -2.20. The number of carbonyl (C=O) groups is 1. The van der Waals surface area contributed by atoms with Crippen molar-refractivity contribution in [2.24, 2.45) is 0 Å². The van der Waals surface area contributed by atoms with Crippen LogP contribution in [0, 0.1) is 0 Å². The molecule has 0 aliphatic carbocycles. The summed E-state index contributed by atoms with van der Waals surface area (Å²) in [6.07, 6.45) is 0.513. The smallest absolute Gasteiger partial charge is 0.320 e. The largest absolute Gasteiger partial charge is 0.480 e. The van der Waals surface area contributed by atoms with Gasteiger partial charge in [-0.1, -0.05) is 0 Å². The second-order valence-electron chi connectivity index (χ2n) is 3.39. The van der Waals surface area contributed by atoms with E-state index in [9.17, 15) is 13.2 Å². The first-order chi connectivity index (χ1) is 7.94. The van der Waals surface area contributed by atoms with Crippen molar-refractivity contribution < 1.29 is 27.8 Å². The fourth-order valence-corrected chi connectivity index (χ4v) is 2.47. The van der Waals surface area contributed by atoms with Crippen LogP contribution in [0.5, 0.6) is 0 Å². The zero-order valence-electron chi connectivity index (χ0n) is 10.1. The fourth-order valence-electron chi connectivity index (χ4n) is 1.22. The summed E-state index contributed by atoms with van der Waals surface area (Å²) in [7, 11) is -0.801. The first-order valence-corrected chi connectivity index (χ1v) is 6.72. The lowest BCUT2D eigenvalue weighted by atomic mass is 10.4. The zero-order valence-corrected chi connectivity index (χ0v) is 10.9. The summed E-state index contributed by atoms with van der Waals surface area (Å²) in [6.45, 7) is 1.03. The summed E-state index contributed by atoms with van der Waals surface area (Å²) in [5, 5.41) is 8.53. The van der Waals surface area contributed by atoms with E-state index in [2.05, 4.69) is 0 Å². The highest BCUT2D eigenvalue weighted by atomic mass is 32.2. The van der Waals surface area contributed by atoms with Gasteiger partial charge in [-0.3, -0.25) is 4.79 Å². The number of methoxy groups -OCH3 is 2. The Morgan fingerprint density at radius 3 is 2.24 bits per heavy atom. The van der Waals surface area contributed by atoms with Crippen LogP contribution in [0.15, 0.2) is 0 Å². The van der Waals surface area contributed by atoms with Crippen molar-refractivity contribution in [2.45, 2.75) is 6.42 Å². The Balaban J connectivity index is 4.47. The Hall–Kier alpha value is -0.700. The molecule has 0 amide bonds. The molecule has 0 heterocycles. The van der Waals surface area contributed by atoms with Gasteiger partial charge in [0.05, 0.1) is 6.61 Å². The molecule has 8 heteroatoms. The maximum Gasteiger partial charge on any atom is 0.320 e. The summed E-state index contributed by atoms with van der Waals surface area (Å²) in [5.74, 6) is -2.26. The standard InChI is InChI=1S/C9H19NO6S/c1-15-6-3-4-10(5-7-16-2)17(13,14)8-9(11)12/h3-8H2,1-2H3,(H,11,12). The minimum atomic E-state index is -3.78. The molecule has 1 N–H and O–H groups in total. The number of rotatable bonds is 10. The summed E-state index contributed by atoms with van der Waals surface area (Å²) >= 11 is 0. The molecule has 0 aliphatic rings. The molecule has 0 aromatic carbocycles. The maximum atomic E-state index is 11.7. The molecule has 0 fully saturated rings. The monoisotopic (exact) mass is 269 g/mol. The fraction of sp³-hybridized carbons (Fsp3) is 0.889. The van der Waals surface area contributed by atoms with Gasteiger partial charge in [0.15, 0.2) is 5.75 Å². The SMILES string of the molecule is COCCCN(CCOC)S(=O)(=O)CC(=O)O. The number of hydrogen-bond acceptors (Lipinski definition) is 5. The predicted octanol–water partition coefficient (Wildman–Crippen LogP) is -0.614. The molecule has 0 saturated carbocycles. The molecule has 0 atom stereocenters. The van der Waals surface area contributed by atoms with E-state index >= 15 is 0 Å². The first kappa shape index (κ1) is 16.3. The van der Waals surface area contributed by atoms with Crippen LogP contribution in [0.2, 0.25) is 0 Å². The highest BCUT2D eigenvalue weighted by Gasteiger charge is 2.24. The molecule has 0 rings (SSSR count). The van der Waals surface area contributed by atoms with E-state index in [1.165, 1.54) is 14.2 Å². The summed E-state index contributed by atoms with van der Waals surface area (Å²) < 4.78 is 34.1. The van der Waals surface area contributed by atoms with Gasteiger partial charge in [0, 0.05) is 33.9 Å². The van der Waals surface area contributed by atoms with Crippen molar-refractivity contribution in [3.63, 3.8) is 0 Å². The minimum absolute atomic E-state index is 0.149. The van der Waals surface area contributed by atoms with Crippen molar-refractivity contribution in [3.05, 3.63) is 0 Å². The van der Waals surface area contributed by atoms with Crippen molar-refractivity contribution in [2.75, 3.05) is 46.3 Å². The second kappa shape index (κ2) is 8.40. The number of nitrogens with zero attached hydrogens (tertiary/aromatic N) is 1. The van der Waals surface area contributed by atoms with E-state index < -0.39 is 21.7 Å². The summed E-state index contributed by atoms with van der Waals surface area (Å²) in [5.41, 5.74) is 0. The molecule has 0 unspecified atom stereocenters. The number of hydrogen-bond donors (Lipinski definition) is 1. The van der Waals surface area contributed by atoms with Crippen LogP contribution >= 0.6 is 0 Å². The average Bonchev–Trinajstić information content (AvgIpc) is 2.21. The Morgan fingerprint density at radius 1 is 1.18 bits per heavy atom. The van der Waals surface area contributed by atoms with Crippen molar-refractivity contribution in [1.82, 2.24) is 4.31 Å². The zero-order chi connectivity index (χ0) is 13.3. The van der Waals surface area contributed by atoms with Crippen LogP contribution in [0.1, 0.15) is 6.42 Å². The van der Waals surface area contributed by atoms with Gasteiger partial charge >= 0.3 is 5.97 Å². The van der Waals surface area contributed by atoms with Crippen molar-refractivity contribution in [1.29, 1.82) is 0 Å². The number of ether oxygens (including phenoxy) is 2. The minimum Gasteiger partial charge on any atom is -0.480 e. The van der Waals surface area contributed by atoms with Crippen LogP contribution < -0.4 is 0 Å².